The zero-order valence-electron chi connectivity index (χ0n) is 7.51. The Morgan fingerprint density at radius 3 is 2.93 bits per heavy atom. The zero-order valence-corrected chi connectivity index (χ0v) is 10.7. The fourth-order valence-corrected chi connectivity index (χ4v) is 3.75. The van der Waals surface area contributed by atoms with Gasteiger partial charge in [0.05, 0.1) is 0 Å². The predicted octanol–water partition coefficient (Wildman–Crippen LogP) is 4.66. The molecule has 0 unspecified atom stereocenters. The smallest absolute Gasteiger partial charge is 0.177 e. The van der Waals surface area contributed by atoms with Crippen LogP contribution >= 0.6 is 39.0 Å². The fourth-order valence-electron chi connectivity index (χ4n) is 1.45. The molecule has 2 rings (SSSR count). The van der Waals surface area contributed by atoms with Crippen molar-refractivity contribution in [2.45, 2.75) is 10.2 Å². The van der Waals surface area contributed by atoms with Gasteiger partial charge in [0.25, 0.3) is 0 Å². The third-order valence-electron chi connectivity index (χ3n) is 2.05. The molecule has 0 saturated carbocycles. The number of fused-ring (bicyclic) bond motifs is 1. The van der Waals surface area contributed by atoms with Crippen molar-refractivity contribution < 1.29 is 4.39 Å². The van der Waals surface area contributed by atoms with Crippen molar-refractivity contribution in [1.82, 2.24) is 0 Å². The lowest BCUT2D eigenvalue weighted by Gasteiger charge is -2.04. The largest absolute Gasteiger partial charge is 0.195 e. The molecule has 0 fully saturated rings. The number of hydrogen-bond donors (Lipinski definition) is 0. The summed E-state index contributed by atoms with van der Waals surface area (Å²) in [4.78, 5) is 1.18. The summed E-state index contributed by atoms with van der Waals surface area (Å²) in [5.41, 5.74) is 1.22. The van der Waals surface area contributed by atoms with Gasteiger partial charge in [-0.15, -0.1) is 23.1 Å². The summed E-state index contributed by atoms with van der Waals surface area (Å²) in [6, 6.07) is 5.66. The van der Waals surface area contributed by atoms with E-state index in [-0.39, 0.29) is 5.13 Å². The molecule has 0 atom stereocenters. The SMILES string of the molecule is CSc1c(CBr)ccc2sc(F)cc12. The Kier molecular flexibility index (Phi) is 3.14. The van der Waals surface area contributed by atoms with Crippen molar-refractivity contribution >= 4 is 49.1 Å². The Bertz CT molecular complexity index is 464. The molecule has 0 aliphatic rings. The van der Waals surface area contributed by atoms with Gasteiger partial charge < -0.3 is 0 Å². The Labute approximate surface area is 98.6 Å². The van der Waals surface area contributed by atoms with E-state index in [1.165, 1.54) is 21.8 Å². The maximum absolute atomic E-state index is 13.1. The first kappa shape index (κ1) is 10.5. The van der Waals surface area contributed by atoms with E-state index in [0.29, 0.717) is 0 Å². The number of thioether (sulfide) groups is 1. The highest BCUT2D eigenvalue weighted by molar-refractivity contribution is 9.08. The molecule has 1 heterocycles. The lowest BCUT2D eigenvalue weighted by atomic mass is 10.2. The summed E-state index contributed by atoms with van der Waals surface area (Å²) < 4.78 is 14.1. The highest BCUT2D eigenvalue weighted by Gasteiger charge is 2.09. The van der Waals surface area contributed by atoms with Gasteiger partial charge in [-0.3, -0.25) is 0 Å². The Hall–Kier alpha value is -0.0600. The molecule has 0 spiro atoms. The number of rotatable bonds is 2. The van der Waals surface area contributed by atoms with Crippen LogP contribution in [0.2, 0.25) is 0 Å². The van der Waals surface area contributed by atoms with Gasteiger partial charge in [-0.1, -0.05) is 22.0 Å². The number of alkyl halides is 1. The van der Waals surface area contributed by atoms with Crippen molar-refractivity contribution in [3.05, 3.63) is 28.9 Å². The summed E-state index contributed by atoms with van der Waals surface area (Å²) in [5.74, 6) is 0. The minimum Gasteiger partial charge on any atom is -0.195 e. The van der Waals surface area contributed by atoms with E-state index in [1.807, 2.05) is 12.3 Å². The van der Waals surface area contributed by atoms with Gasteiger partial charge in [0, 0.05) is 20.3 Å². The van der Waals surface area contributed by atoms with E-state index in [9.17, 15) is 4.39 Å². The molecule has 2 aromatic rings. The van der Waals surface area contributed by atoms with Crippen LogP contribution in [-0.4, -0.2) is 6.26 Å². The van der Waals surface area contributed by atoms with Crippen LogP contribution in [0.5, 0.6) is 0 Å². The van der Waals surface area contributed by atoms with Crippen molar-refractivity contribution in [1.29, 1.82) is 0 Å². The molecule has 0 amide bonds. The molecule has 74 valence electrons. The number of hydrogen-bond acceptors (Lipinski definition) is 2. The second-order valence-electron chi connectivity index (χ2n) is 2.85. The van der Waals surface area contributed by atoms with Gasteiger partial charge in [-0.25, -0.2) is 0 Å². The third kappa shape index (κ3) is 1.71. The van der Waals surface area contributed by atoms with Gasteiger partial charge in [0.1, 0.15) is 0 Å². The summed E-state index contributed by atoms with van der Waals surface area (Å²) >= 11 is 6.32. The van der Waals surface area contributed by atoms with E-state index in [1.54, 1.807) is 17.8 Å². The van der Waals surface area contributed by atoms with Crippen LogP contribution in [-0.2, 0) is 5.33 Å². The minimum atomic E-state index is -0.109. The first-order valence-electron chi connectivity index (χ1n) is 4.07. The van der Waals surface area contributed by atoms with E-state index in [0.717, 1.165) is 15.4 Å². The zero-order chi connectivity index (χ0) is 10.1. The van der Waals surface area contributed by atoms with E-state index < -0.39 is 0 Å². The lowest BCUT2D eigenvalue weighted by molar-refractivity contribution is 0.658. The standard InChI is InChI=1S/C10H8BrFS2/c1-13-10-6(5-11)2-3-8-7(10)4-9(12)14-8/h2-4H,5H2,1H3. The molecule has 0 aliphatic carbocycles. The molecule has 0 radical (unpaired) electrons. The van der Waals surface area contributed by atoms with Crippen LogP contribution in [0, 0.1) is 5.13 Å². The molecule has 0 nitrogen and oxygen atoms in total. The second-order valence-corrected chi connectivity index (χ2v) is 5.27. The quantitative estimate of drug-likeness (QED) is 0.573. The van der Waals surface area contributed by atoms with Gasteiger partial charge in [0.2, 0.25) is 0 Å². The third-order valence-corrected chi connectivity index (χ3v) is 4.43. The van der Waals surface area contributed by atoms with E-state index >= 15 is 0 Å². The van der Waals surface area contributed by atoms with E-state index in [2.05, 4.69) is 22.0 Å². The lowest BCUT2D eigenvalue weighted by Crippen LogP contribution is -1.82. The highest BCUT2D eigenvalue weighted by Crippen LogP contribution is 2.35. The van der Waals surface area contributed by atoms with Crippen LogP contribution < -0.4 is 0 Å². The van der Waals surface area contributed by atoms with Gasteiger partial charge in [-0.05, 0) is 24.0 Å². The van der Waals surface area contributed by atoms with Crippen molar-refractivity contribution in [2.24, 2.45) is 0 Å². The molecule has 0 saturated heterocycles. The summed E-state index contributed by atoms with van der Waals surface area (Å²) in [5, 5.41) is 1.75. The van der Waals surface area contributed by atoms with Crippen LogP contribution in [0.4, 0.5) is 4.39 Å². The average Bonchev–Trinajstić information content (AvgIpc) is 2.56. The number of thiophene rings is 1. The Morgan fingerprint density at radius 1 is 1.50 bits per heavy atom. The monoisotopic (exact) mass is 290 g/mol. The minimum absolute atomic E-state index is 0.109. The maximum atomic E-state index is 13.1. The molecule has 0 N–H and O–H groups in total. The molecule has 1 aromatic heterocycles. The molecule has 4 heteroatoms. The van der Waals surface area contributed by atoms with E-state index in [4.69, 9.17) is 0 Å². The van der Waals surface area contributed by atoms with Gasteiger partial charge in [0.15, 0.2) is 5.13 Å². The topological polar surface area (TPSA) is 0 Å². The maximum Gasteiger partial charge on any atom is 0.177 e. The predicted molar refractivity (Wildman–Crippen MR) is 66.2 cm³/mol. The number of halogens is 2. The van der Waals surface area contributed by atoms with Crippen molar-refractivity contribution in [3.63, 3.8) is 0 Å². The van der Waals surface area contributed by atoms with Crippen LogP contribution in [0.25, 0.3) is 10.1 Å². The Balaban J connectivity index is 2.75. The van der Waals surface area contributed by atoms with Crippen molar-refractivity contribution in [2.75, 3.05) is 6.26 Å². The van der Waals surface area contributed by atoms with Crippen LogP contribution in [0.3, 0.4) is 0 Å². The molecular formula is C10H8BrFS2. The first-order chi connectivity index (χ1) is 6.76. The van der Waals surface area contributed by atoms with Crippen LogP contribution in [0.15, 0.2) is 23.1 Å². The average molecular weight is 291 g/mol. The highest BCUT2D eigenvalue weighted by atomic mass is 79.9. The molecule has 0 aliphatic heterocycles. The molecule has 1 aromatic carbocycles. The normalized spacial score (nSPS) is 11.1. The second kappa shape index (κ2) is 4.21. The number of benzene rings is 1. The molecule has 0 bridgehead atoms. The van der Waals surface area contributed by atoms with Crippen molar-refractivity contribution in [3.8, 4) is 0 Å². The molecular weight excluding hydrogens is 283 g/mol. The molecule has 14 heavy (non-hydrogen) atoms. The summed E-state index contributed by atoms with van der Waals surface area (Å²) in [6.07, 6.45) is 2.02. The first-order valence-corrected chi connectivity index (χ1v) is 7.23. The Morgan fingerprint density at radius 2 is 2.29 bits per heavy atom. The van der Waals surface area contributed by atoms with Gasteiger partial charge >= 0.3 is 0 Å². The van der Waals surface area contributed by atoms with Crippen LogP contribution in [0.1, 0.15) is 5.56 Å². The fraction of sp³-hybridized carbons (Fsp3) is 0.200. The summed E-state index contributed by atoms with van der Waals surface area (Å²) in [6.45, 7) is 0. The summed E-state index contributed by atoms with van der Waals surface area (Å²) in [7, 11) is 0. The van der Waals surface area contributed by atoms with Gasteiger partial charge in [-0.2, -0.15) is 4.39 Å².